The van der Waals surface area contributed by atoms with Crippen molar-refractivity contribution in [1.82, 2.24) is 4.90 Å². The van der Waals surface area contributed by atoms with Gasteiger partial charge in [0.2, 0.25) is 0 Å². The second-order valence-corrected chi connectivity index (χ2v) is 7.62. The highest BCUT2D eigenvalue weighted by atomic mass is 35.5. The van der Waals surface area contributed by atoms with Crippen LogP contribution < -0.4 is 0 Å². The summed E-state index contributed by atoms with van der Waals surface area (Å²) in [5.74, 6) is 0.973. The van der Waals surface area contributed by atoms with Gasteiger partial charge in [-0.1, -0.05) is 37.6 Å². The maximum atomic E-state index is 12.9. The summed E-state index contributed by atoms with van der Waals surface area (Å²) >= 11 is 7.28. The molecule has 1 aliphatic heterocycles. The maximum Gasteiger partial charge on any atom is 0.268 e. The van der Waals surface area contributed by atoms with Gasteiger partial charge in [-0.15, -0.1) is 11.8 Å². The number of nitrogens with zero attached hydrogens (tertiary/aromatic N) is 1. The fraction of sp³-hybridized carbons (Fsp3) is 0.263. The molecule has 3 rings (SSSR count). The van der Waals surface area contributed by atoms with Gasteiger partial charge >= 0.3 is 0 Å². The minimum absolute atomic E-state index is 0.203. The lowest BCUT2D eigenvalue weighted by Gasteiger charge is -2.17. The molecule has 0 fully saturated rings. The smallest absolute Gasteiger partial charge is 0.268 e. The summed E-state index contributed by atoms with van der Waals surface area (Å²) < 4.78 is 5.33. The van der Waals surface area contributed by atoms with Crippen LogP contribution >= 0.6 is 23.4 Å². The van der Waals surface area contributed by atoms with Crippen LogP contribution in [0.4, 0.5) is 0 Å². The lowest BCUT2D eigenvalue weighted by Crippen LogP contribution is -2.34. The second-order valence-electron chi connectivity index (χ2n) is 6.19. The molecule has 0 saturated carbocycles. The Hall–Kier alpha value is -1.98. The molecule has 0 saturated heterocycles. The number of hydrogen-bond acceptors (Lipinski definition) is 4. The van der Waals surface area contributed by atoms with E-state index >= 15 is 0 Å². The van der Waals surface area contributed by atoms with E-state index in [1.54, 1.807) is 36.6 Å². The summed E-state index contributed by atoms with van der Waals surface area (Å²) in [4.78, 5) is 27.5. The number of amides is 2. The molecule has 1 aromatic heterocycles. The van der Waals surface area contributed by atoms with Crippen molar-refractivity contribution in [3.8, 4) is 0 Å². The Morgan fingerprint density at radius 3 is 2.44 bits per heavy atom. The standard InChI is InChI=1S/C19H18ClNO3S/c1-12(2)10-21-18(22)16(13-5-7-14(20)8-6-13)17(19(21)23)25-11-15-4-3-9-24-15/h3-9,12H,10-11H2,1-2H3. The van der Waals surface area contributed by atoms with Crippen LogP contribution in [0.5, 0.6) is 0 Å². The molecule has 0 atom stereocenters. The molecule has 0 N–H and O–H groups in total. The van der Waals surface area contributed by atoms with Gasteiger partial charge in [-0.25, -0.2) is 0 Å². The monoisotopic (exact) mass is 375 g/mol. The Morgan fingerprint density at radius 1 is 1.12 bits per heavy atom. The number of hydrogen-bond donors (Lipinski definition) is 0. The molecule has 2 heterocycles. The third-order valence-electron chi connectivity index (χ3n) is 3.74. The van der Waals surface area contributed by atoms with Crippen LogP contribution in [0.1, 0.15) is 25.2 Å². The van der Waals surface area contributed by atoms with E-state index < -0.39 is 0 Å². The van der Waals surface area contributed by atoms with E-state index in [4.69, 9.17) is 16.0 Å². The van der Waals surface area contributed by atoms with Crippen LogP contribution in [-0.4, -0.2) is 23.3 Å². The summed E-state index contributed by atoms with van der Waals surface area (Å²) in [6, 6.07) is 10.6. The van der Waals surface area contributed by atoms with Gasteiger partial charge in [-0.05, 0) is 35.7 Å². The highest BCUT2D eigenvalue weighted by molar-refractivity contribution is 8.03. The first-order valence-electron chi connectivity index (χ1n) is 7.99. The molecule has 130 valence electrons. The van der Waals surface area contributed by atoms with Crippen molar-refractivity contribution in [2.75, 3.05) is 6.54 Å². The number of halogens is 1. The molecule has 0 bridgehead atoms. The minimum atomic E-state index is -0.247. The topological polar surface area (TPSA) is 50.5 Å². The number of furan rings is 1. The molecule has 0 spiro atoms. The van der Waals surface area contributed by atoms with Crippen molar-refractivity contribution in [1.29, 1.82) is 0 Å². The lowest BCUT2D eigenvalue weighted by molar-refractivity contribution is -0.137. The predicted octanol–water partition coefficient (Wildman–Crippen LogP) is 4.60. The number of carbonyl (C=O) groups is 2. The van der Waals surface area contributed by atoms with Gasteiger partial charge in [-0.2, -0.15) is 0 Å². The van der Waals surface area contributed by atoms with E-state index in [0.29, 0.717) is 33.4 Å². The molecule has 0 radical (unpaired) electrons. The fourth-order valence-corrected chi connectivity index (χ4v) is 3.79. The molecule has 0 aliphatic carbocycles. The minimum Gasteiger partial charge on any atom is -0.468 e. The van der Waals surface area contributed by atoms with Crippen LogP contribution in [0, 0.1) is 5.92 Å². The molecule has 6 heteroatoms. The van der Waals surface area contributed by atoms with Crippen LogP contribution in [0.15, 0.2) is 52.0 Å². The molecular weight excluding hydrogens is 358 g/mol. The van der Waals surface area contributed by atoms with Crippen molar-refractivity contribution in [3.63, 3.8) is 0 Å². The Labute approximate surface area is 155 Å². The van der Waals surface area contributed by atoms with E-state index in [0.717, 1.165) is 5.76 Å². The summed E-state index contributed by atoms with van der Waals surface area (Å²) in [5, 5.41) is 0.588. The van der Waals surface area contributed by atoms with Crippen LogP contribution in [0.3, 0.4) is 0 Å². The van der Waals surface area contributed by atoms with Crippen molar-refractivity contribution >= 4 is 40.8 Å². The molecule has 1 aromatic carbocycles. The van der Waals surface area contributed by atoms with E-state index in [1.165, 1.54) is 16.7 Å². The normalized spacial score (nSPS) is 15.0. The van der Waals surface area contributed by atoms with Gasteiger partial charge in [0.1, 0.15) is 5.76 Å². The van der Waals surface area contributed by atoms with E-state index in [9.17, 15) is 9.59 Å². The molecule has 2 aromatic rings. The Morgan fingerprint density at radius 2 is 1.84 bits per heavy atom. The van der Waals surface area contributed by atoms with Crippen LogP contribution in [-0.2, 0) is 15.3 Å². The SMILES string of the molecule is CC(C)CN1C(=O)C(SCc2ccco2)=C(c2ccc(Cl)cc2)C1=O. The first-order chi connectivity index (χ1) is 12.0. The molecule has 4 nitrogen and oxygen atoms in total. The molecule has 25 heavy (non-hydrogen) atoms. The molecule has 0 unspecified atom stereocenters. The summed E-state index contributed by atoms with van der Waals surface area (Å²) in [6.45, 7) is 4.37. The highest BCUT2D eigenvalue weighted by Gasteiger charge is 2.39. The largest absolute Gasteiger partial charge is 0.468 e. The zero-order valence-corrected chi connectivity index (χ0v) is 15.6. The third kappa shape index (κ3) is 3.83. The van der Waals surface area contributed by atoms with Gasteiger partial charge in [0.15, 0.2) is 0 Å². The molecular formula is C19H18ClNO3S. The molecule has 1 aliphatic rings. The van der Waals surface area contributed by atoms with Gasteiger partial charge < -0.3 is 4.42 Å². The van der Waals surface area contributed by atoms with Crippen molar-refractivity contribution in [2.24, 2.45) is 5.92 Å². The number of thioether (sulfide) groups is 1. The van der Waals surface area contributed by atoms with E-state index in [2.05, 4.69) is 0 Å². The van der Waals surface area contributed by atoms with Crippen LogP contribution in [0.25, 0.3) is 5.57 Å². The predicted molar refractivity (Wildman–Crippen MR) is 99.9 cm³/mol. The first kappa shape index (κ1) is 17.8. The summed E-state index contributed by atoms with van der Waals surface area (Å²) in [7, 11) is 0. The van der Waals surface area contributed by atoms with Crippen molar-refractivity contribution < 1.29 is 14.0 Å². The van der Waals surface area contributed by atoms with Crippen LogP contribution in [0.2, 0.25) is 5.02 Å². The van der Waals surface area contributed by atoms with E-state index in [-0.39, 0.29) is 17.7 Å². The van der Waals surface area contributed by atoms with Gasteiger partial charge in [0, 0.05) is 11.6 Å². The van der Waals surface area contributed by atoms with Crippen molar-refractivity contribution in [2.45, 2.75) is 19.6 Å². The highest BCUT2D eigenvalue weighted by Crippen LogP contribution is 2.38. The zero-order valence-electron chi connectivity index (χ0n) is 14.0. The Balaban J connectivity index is 1.96. The third-order valence-corrected chi connectivity index (χ3v) is 5.09. The number of carbonyl (C=O) groups excluding carboxylic acids is 2. The van der Waals surface area contributed by atoms with Crippen molar-refractivity contribution in [3.05, 3.63) is 63.9 Å². The second kappa shape index (κ2) is 7.50. The number of rotatable bonds is 6. The average Bonchev–Trinajstić information content (AvgIpc) is 3.16. The number of benzene rings is 1. The average molecular weight is 376 g/mol. The first-order valence-corrected chi connectivity index (χ1v) is 9.35. The summed E-state index contributed by atoms with van der Waals surface area (Å²) in [6.07, 6.45) is 1.59. The van der Waals surface area contributed by atoms with Gasteiger partial charge in [0.25, 0.3) is 11.8 Å². The Bertz CT molecular complexity index is 810. The fourth-order valence-electron chi connectivity index (χ4n) is 2.63. The molecule has 2 amide bonds. The maximum absolute atomic E-state index is 12.9. The van der Waals surface area contributed by atoms with Gasteiger partial charge in [0.05, 0.1) is 22.5 Å². The Kier molecular flexibility index (Phi) is 5.35. The van der Waals surface area contributed by atoms with Gasteiger partial charge in [-0.3, -0.25) is 14.5 Å². The summed E-state index contributed by atoms with van der Waals surface area (Å²) in [5.41, 5.74) is 1.15. The lowest BCUT2D eigenvalue weighted by atomic mass is 10.1. The zero-order chi connectivity index (χ0) is 18.0. The quantitative estimate of drug-likeness (QED) is 0.692. The number of imide groups is 1. The van der Waals surface area contributed by atoms with E-state index in [1.807, 2.05) is 19.9 Å².